The summed E-state index contributed by atoms with van der Waals surface area (Å²) in [5.74, 6) is 2.38. The molecule has 1 heterocycles. The molecule has 0 saturated heterocycles. The van der Waals surface area contributed by atoms with Crippen molar-refractivity contribution in [3.8, 4) is 0 Å². The van der Waals surface area contributed by atoms with Gasteiger partial charge in [0.25, 0.3) is 0 Å². The van der Waals surface area contributed by atoms with Gasteiger partial charge in [-0.2, -0.15) is 11.8 Å². The van der Waals surface area contributed by atoms with Gasteiger partial charge >= 0.3 is 0 Å². The Bertz CT molecular complexity index is 516. The van der Waals surface area contributed by atoms with Gasteiger partial charge in [-0.05, 0) is 22.8 Å². The lowest BCUT2D eigenvalue weighted by atomic mass is 10.1. The normalized spacial score (nSPS) is 11.6. The van der Waals surface area contributed by atoms with Gasteiger partial charge in [0.05, 0.1) is 5.52 Å². The SMILES string of the molecule is CCSCCn1ccc2cccc(CNC(C)C)c21. The summed E-state index contributed by atoms with van der Waals surface area (Å²) in [6, 6.07) is 9.35. The standard InChI is InChI=1S/C16H24N2S/c1-4-19-11-10-18-9-8-14-6-5-7-15(16(14)18)12-17-13(2)3/h5-9,13,17H,4,10-12H2,1-3H3. The smallest absolute Gasteiger partial charge is 0.0526 e. The number of hydrogen-bond donors (Lipinski definition) is 1. The molecule has 0 unspecified atom stereocenters. The number of nitrogens with zero attached hydrogens (tertiary/aromatic N) is 1. The molecule has 0 aliphatic carbocycles. The highest BCUT2D eigenvalue weighted by molar-refractivity contribution is 7.99. The van der Waals surface area contributed by atoms with Crippen LogP contribution in [0.3, 0.4) is 0 Å². The third-order valence-electron chi connectivity index (χ3n) is 3.25. The maximum absolute atomic E-state index is 3.52. The van der Waals surface area contributed by atoms with Crippen LogP contribution in [0.25, 0.3) is 10.9 Å². The summed E-state index contributed by atoms with van der Waals surface area (Å²) in [4.78, 5) is 0. The van der Waals surface area contributed by atoms with Crippen LogP contribution in [0.1, 0.15) is 26.3 Å². The second-order valence-electron chi connectivity index (χ2n) is 5.10. The Balaban J connectivity index is 2.22. The molecule has 0 atom stereocenters. The van der Waals surface area contributed by atoms with Gasteiger partial charge in [-0.1, -0.05) is 39.0 Å². The molecule has 1 N–H and O–H groups in total. The molecule has 2 nitrogen and oxygen atoms in total. The second kappa shape index (κ2) is 7.01. The fourth-order valence-corrected chi connectivity index (χ4v) is 2.91. The summed E-state index contributed by atoms with van der Waals surface area (Å²) in [5, 5.41) is 4.87. The monoisotopic (exact) mass is 276 g/mol. The first-order valence-electron chi connectivity index (χ1n) is 7.10. The summed E-state index contributed by atoms with van der Waals surface area (Å²) < 4.78 is 2.40. The molecular formula is C16H24N2S. The number of aryl methyl sites for hydroxylation is 1. The van der Waals surface area contributed by atoms with Crippen LogP contribution in [-0.2, 0) is 13.1 Å². The largest absolute Gasteiger partial charge is 0.346 e. The van der Waals surface area contributed by atoms with Crippen LogP contribution in [0.5, 0.6) is 0 Å². The van der Waals surface area contributed by atoms with Crippen LogP contribution in [-0.4, -0.2) is 22.1 Å². The van der Waals surface area contributed by atoms with E-state index in [9.17, 15) is 0 Å². The molecule has 19 heavy (non-hydrogen) atoms. The van der Waals surface area contributed by atoms with Crippen molar-refractivity contribution in [2.24, 2.45) is 0 Å². The van der Waals surface area contributed by atoms with Crippen molar-refractivity contribution in [3.63, 3.8) is 0 Å². The number of aromatic nitrogens is 1. The average molecular weight is 276 g/mol. The topological polar surface area (TPSA) is 17.0 Å². The Hall–Kier alpha value is -0.930. The van der Waals surface area contributed by atoms with Crippen LogP contribution in [0.4, 0.5) is 0 Å². The predicted molar refractivity (Wildman–Crippen MR) is 86.9 cm³/mol. The first kappa shape index (κ1) is 14.5. The molecule has 0 amide bonds. The van der Waals surface area contributed by atoms with Crippen molar-refractivity contribution >= 4 is 22.7 Å². The molecule has 0 bridgehead atoms. The predicted octanol–water partition coefficient (Wildman–Crippen LogP) is 3.89. The average Bonchev–Trinajstić information content (AvgIpc) is 2.81. The number of fused-ring (bicyclic) bond motifs is 1. The van der Waals surface area contributed by atoms with Crippen LogP contribution >= 0.6 is 11.8 Å². The number of hydrogen-bond acceptors (Lipinski definition) is 2. The van der Waals surface area contributed by atoms with Gasteiger partial charge in [-0.3, -0.25) is 0 Å². The Kier molecular flexibility index (Phi) is 5.34. The minimum Gasteiger partial charge on any atom is -0.346 e. The van der Waals surface area contributed by atoms with E-state index in [1.165, 1.54) is 28.0 Å². The lowest BCUT2D eigenvalue weighted by Crippen LogP contribution is -2.22. The van der Waals surface area contributed by atoms with Crippen molar-refractivity contribution in [3.05, 3.63) is 36.0 Å². The molecule has 0 aliphatic rings. The molecular weight excluding hydrogens is 252 g/mol. The molecule has 0 fully saturated rings. The summed E-state index contributed by atoms with van der Waals surface area (Å²) in [6.45, 7) is 8.64. The number of para-hydroxylation sites is 1. The number of nitrogens with one attached hydrogen (secondary N) is 1. The molecule has 2 rings (SSSR count). The number of thioether (sulfide) groups is 1. The number of rotatable bonds is 7. The van der Waals surface area contributed by atoms with Gasteiger partial charge < -0.3 is 9.88 Å². The molecule has 3 heteroatoms. The molecule has 104 valence electrons. The van der Waals surface area contributed by atoms with Gasteiger partial charge in [0.15, 0.2) is 0 Å². The molecule has 1 aromatic heterocycles. The Morgan fingerprint density at radius 2 is 2.11 bits per heavy atom. The van der Waals surface area contributed by atoms with Crippen molar-refractivity contribution < 1.29 is 0 Å². The van der Waals surface area contributed by atoms with E-state index in [-0.39, 0.29) is 0 Å². The van der Waals surface area contributed by atoms with Crippen LogP contribution < -0.4 is 5.32 Å². The fraction of sp³-hybridized carbons (Fsp3) is 0.500. The molecule has 2 aromatic rings. The second-order valence-corrected chi connectivity index (χ2v) is 6.49. The van der Waals surface area contributed by atoms with E-state index >= 15 is 0 Å². The van der Waals surface area contributed by atoms with Crippen molar-refractivity contribution in [2.75, 3.05) is 11.5 Å². The van der Waals surface area contributed by atoms with E-state index in [4.69, 9.17) is 0 Å². The van der Waals surface area contributed by atoms with Gasteiger partial charge in [0.2, 0.25) is 0 Å². The van der Waals surface area contributed by atoms with E-state index in [0.29, 0.717) is 6.04 Å². The van der Waals surface area contributed by atoms with E-state index < -0.39 is 0 Å². The van der Waals surface area contributed by atoms with E-state index in [2.05, 4.69) is 61.1 Å². The summed E-state index contributed by atoms with van der Waals surface area (Å²) >= 11 is 2.00. The zero-order valence-electron chi connectivity index (χ0n) is 12.1. The van der Waals surface area contributed by atoms with Crippen molar-refractivity contribution in [2.45, 2.75) is 39.9 Å². The van der Waals surface area contributed by atoms with Gasteiger partial charge in [-0.25, -0.2) is 0 Å². The lowest BCUT2D eigenvalue weighted by Gasteiger charge is -2.12. The summed E-state index contributed by atoms with van der Waals surface area (Å²) in [5.41, 5.74) is 2.80. The van der Waals surface area contributed by atoms with Crippen molar-refractivity contribution in [1.82, 2.24) is 9.88 Å². The first-order valence-corrected chi connectivity index (χ1v) is 8.25. The molecule has 0 radical (unpaired) electrons. The van der Waals surface area contributed by atoms with E-state index in [1.54, 1.807) is 0 Å². The molecule has 1 aromatic carbocycles. The van der Waals surface area contributed by atoms with E-state index in [0.717, 1.165) is 13.1 Å². The Morgan fingerprint density at radius 1 is 1.26 bits per heavy atom. The lowest BCUT2D eigenvalue weighted by molar-refractivity contribution is 0.589. The maximum Gasteiger partial charge on any atom is 0.0526 e. The molecule has 0 aliphatic heterocycles. The third kappa shape index (κ3) is 3.77. The summed E-state index contributed by atoms with van der Waals surface area (Å²) in [6.07, 6.45) is 2.22. The van der Waals surface area contributed by atoms with Gasteiger partial charge in [0, 0.05) is 31.1 Å². The van der Waals surface area contributed by atoms with Gasteiger partial charge in [0.1, 0.15) is 0 Å². The molecule has 0 saturated carbocycles. The Labute approximate surface area is 120 Å². The highest BCUT2D eigenvalue weighted by Gasteiger charge is 2.06. The minimum absolute atomic E-state index is 0.523. The zero-order chi connectivity index (χ0) is 13.7. The highest BCUT2D eigenvalue weighted by Crippen LogP contribution is 2.21. The van der Waals surface area contributed by atoms with Crippen LogP contribution in [0, 0.1) is 0 Å². The maximum atomic E-state index is 3.52. The van der Waals surface area contributed by atoms with Gasteiger partial charge in [-0.15, -0.1) is 0 Å². The van der Waals surface area contributed by atoms with Crippen LogP contribution in [0.15, 0.2) is 30.5 Å². The minimum atomic E-state index is 0.523. The van der Waals surface area contributed by atoms with Crippen LogP contribution in [0.2, 0.25) is 0 Å². The fourth-order valence-electron chi connectivity index (χ4n) is 2.29. The van der Waals surface area contributed by atoms with E-state index in [1.807, 2.05) is 11.8 Å². The molecule has 0 spiro atoms. The zero-order valence-corrected chi connectivity index (χ0v) is 13.0. The third-order valence-corrected chi connectivity index (χ3v) is 4.13. The summed E-state index contributed by atoms with van der Waals surface area (Å²) in [7, 11) is 0. The quantitative estimate of drug-likeness (QED) is 0.773. The number of benzene rings is 1. The first-order chi connectivity index (χ1) is 9.22. The Morgan fingerprint density at radius 3 is 2.84 bits per heavy atom. The van der Waals surface area contributed by atoms with Crippen molar-refractivity contribution in [1.29, 1.82) is 0 Å². The highest BCUT2D eigenvalue weighted by atomic mass is 32.2.